The number of hydrogen-bond acceptors (Lipinski definition) is 0. The Labute approximate surface area is 483 Å². The highest BCUT2D eigenvalue weighted by Gasteiger charge is 2.43. The highest BCUT2D eigenvalue weighted by atomic mass is 15.0. The Morgan fingerprint density at radius 2 is 0.598 bits per heavy atom. The molecule has 394 valence electrons. The Morgan fingerprint density at radius 3 is 0.927 bits per heavy atom. The molecule has 0 saturated carbocycles. The molecule has 0 aliphatic carbocycles. The van der Waals surface area contributed by atoms with Crippen molar-refractivity contribution in [1.82, 2.24) is 9.13 Å². The summed E-state index contributed by atoms with van der Waals surface area (Å²) in [5.41, 5.74) is 31.4. The molecule has 2 aromatic heterocycles. The topological polar surface area (TPSA) is 9.86 Å². The third kappa shape index (κ3) is 7.56. The highest BCUT2D eigenvalue weighted by molar-refractivity contribution is 7.00. The normalized spacial score (nSPS) is 12.8. The Hall–Kier alpha value is -8.85. The van der Waals surface area contributed by atoms with Crippen LogP contribution >= 0.6 is 0 Å². The highest BCUT2D eigenvalue weighted by Crippen LogP contribution is 2.45. The zero-order valence-corrected chi connectivity index (χ0v) is 48.3. The van der Waals surface area contributed by atoms with E-state index in [4.69, 9.17) is 0 Å². The van der Waals surface area contributed by atoms with Gasteiger partial charge in [-0.1, -0.05) is 260 Å². The maximum Gasteiger partial charge on any atom is 0.247 e. The third-order valence-corrected chi connectivity index (χ3v) is 18.5. The zero-order chi connectivity index (χ0) is 55.7. The molecule has 4 heteroatoms. The van der Waals surface area contributed by atoms with Gasteiger partial charge in [-0.3, -0.25) is 0 Å². The number of rotatable bonds is 10. The Kier molecular flexibility index (Phi) is 11.9. The average Bonchev–Trinajstić information content (AvgIpc) is 1.64. The number of hydrogen-bond donors (Lipinski definition) is 0. The zero-order valence-electron chi connectivity index (χ0n) is 48.3. The van der Waals surface area contributed by atoms with Gasteiger partial charge >= 0.3 is 0 Å². The summed E-state index contributed by atoms with van der Waals surface area (Å²) in [5.74, 6) is 1.17. The molecule has 13 aromatic rings. The van der Waals surface area contributed by atoms with Crippen molar-refractivity contribution in [3.8, 4) is 55.9 Å². The summed E-state index contributed by atoms with van der Waals surface area (Å²) in [6.07, 6.45) is 0. The first-order valence-corrected chi connectivity index (χ1v) is 29.9. The van der Waals surface area contributed by atoms with Gasteiger partial charge in [0.2, 0.25) is 13.4 Å². The smallest absolute Gasteiger partial charge is 0.247 e. The molecule has 2 nitrogen and oxygen atoms in total. The molecule has 0 fully saturated rings. The predicted molar refractivity (Wildman–Crippen MR) is 355 cm³/mol. The van der Waals surface area contributed by atoms with Crippen molar-refractivity contribution in [3.63, 3.8) is 0 Å². The van der Waals surface area contributed by atoms with E-state index in [0.717, 1.165) is 0 Å². The standard InChI is InChI=1S/C78H66B2N2/c1-47(2)57-33-21-34-58(48(3)4)75(57)79-65-45-72-66(46-71(65)81-69-39-23-37-61(53-29-17-11-18-30-53)73(69)63-41-55(43-67(79)77(63)81)51-25-13-9-14-26-51)80(76-59(49(5)6)35-22-36-60(76)50(7)8)68-44-56(52-27-15-10-16-28-52)42-64-74-62(54-31-19-12-20-32-54)38-24-40-70(74)82(72)78(64)68/h9-50H,1-8H3. The van der Waals surface area contributed by atoms with Crippen LogP contribution in [-0.2, 0) is 0 Å². The van der Waals surface area contributed by atoms with Crippen molar-refractivity contribution in [2.24, 2.45) is 0 Å². The lowest BCUT2D eigenvalue weighted by atomic mass is 9.31. The predicted octanol–water partition coefficient (Wildman–Crippen LogP) is 16.7. The minimum atomic E-state index is -0.0916. The molecule has 0 amide bonds. The maximum atomic E-state index is 2.71. The first-order valence-electron chi connectivity index (χ1n) is 29.9. The van der Waals surface area contributed by atoms with E-state index in [-0.39, 0.29) is 13.4 Å². The lowest BCUT2D eigenvalue weighted by molar-refractivity contribution is 0.845. The fourth-order valence-electron chi connectivity index (χ4n) is 15.0. The summed E-state index contributed by atoms with van der Waals surface area (Å²) in [7, 11) is 0. The van der Waals surface area contributed by atoms with E-state index in [1.807, 2.05) is 0 Å². The van der Waals surface area contributed by atoms with Crippen molar-refractivity contribution in [3.05, 3.63) is 253 Å². The van der Waals surface area contributed by atoms with E-state index in [9.17, 15) is 0 Å². The number of aromatic nitrogens is 2. The second-order valence-corrected chi connectivity index (χ2v) is 24.6. The van der Waals surface area contributed by atoms with Crippen LogP contribution in [0.4, 0.5) is 0 Å². The van der Waals surface area contributed by atoms with Gasteiger partial charge in [0.15, 0.2) is 0 Å². The SMILES string of the molecule is CC(C)c1cccc(C(C)C)c1B1c2cc3c(cc2-n2c4cccc(-c5ccccc5)c4c4cc(-c5ccccc5)cc1c42)B(c1c(C(C)C)cccc1C(C)C)c1cc(-c2ccccc2)cc2c4c(-c5ccccc5)cccc4n-3c12. The molecule has 0 bridgehead atoms. The summed E-state index contributed by atoms with van der Waals surface area (Å²) in [6.45, 7) is 19.0. The molecule has 0 unspecified atom stereocenters. The van der Waals surface area contributed by atoms with Gasteiger partial charge in [0, 0.05) is 44.0 Å². The summed E-state index contributed by atoms with van der Waals surface area (Å²) in [5, 5.41) is 5.17. The summed E-state index contributed by atoms with van der Waals surface area (Å²) in [6, 6.07) is 88.5. The molecule has 4 heterocycles. The molecule has 82 heavy (non-hydrogen) atoms. The minimum absolute atomic E-state index is 0.0916. The van der Waals surface area contributed by atoms with E-state index < -0.39 is 0 Å². The van der Waals surface area contributed by atoms with E-state index in [0.29, 0.717) is 23.7 Å². The number of fused-ring (bicyclic) bond motifs is 10. The van der Waals surface area contributed by atoms with E-state index in [2.05, 4.69) is 295 Å². The number of nitrogens with zero attached hydrogens (tertiary/aromatic N) is 2. The molecule has 0 atom stereocenters. The second-order valence-electron chi connectivity index (χ2n) is 24.6. The molecule has 2 aliphatic rings. The van der Waals surface area contributed by atoms with Crippen LogP contribution in [0.3, 0.4) is 0 Å². The van der Waals surface area contributed by atoms with Gasteiger partial charge in [0.25, 0.3) is 0 Å². The van der Waals surface area contributed by atoms with Gasteiger partial charge in [-0.15, -0.1) is 0 Å². The summed E-state index contributed by atoms with van der Waals surface area (Å²) < 4.78 is 5.42. The summed E-state index contributed by atoms with van der Waals surface area (Å²) >= 11 is 0. The third-order valence-electron chi connectivity index (χ3n) is 18.5. The molecule has 0 radical (unpaired) electrons. The van der Waals surface area contributed by atoms with Crippen molar-refractivity contribution >= 4 is 89.8 Å². The first kappa shape index (κ1) is 50.1. The van der Waals surface area contributed by atoms with Gasteiger partial charge in [-0.25, -0.2) is 0 Å². The van der Waals surface area contributed by atoms with Gasteiger partial charge in [0.05, 0.1) is 11.0 Å². The van der Waals surface area contributed by atoms with Gasteiger partial charge in [-0.2, -0.15) is 0 Å². The van der Waals surface area contributed by atoms with Crippen LogP contribution in [0.25, 0.3) is 99.5 Å². The van der Waals surface area contributed by atoms with Crippen LogP contribution in [0.5, 0.6) is 0 Å². The van der Waals surface area contributed by atoms with Crippen LogP contribution in [-0.4, -0.2) is 22.6 Å². The van der Waals surface area contributed by atoms with Gasteiger partial charge in [-0.05, 0) is 149 Å². The minimum Gasteiger partial charge on any atom is -0.310 e. The Bertz CT molecular complexity index is 4330. The van der Waals surface area contributed by atoms with E-state index in [1.54, 1.807) is 0 Å². The molecule has 2 aliphatic heterocycles. The Morgan fingerprint density at radius 1 is 0.280 bits per heavy atom. The molecular weight excluding hydrogens is 986 g/mol. The fourth-order valence-corrected chi connectivity index (χ4v) is 15.0. The van der Waals surface area contributed by atoms with Crippen molar-refractivity contribution < 1.29 is 0 Å². The molecular formula is C78H66B2N2. The van der Waals surface area contributed by atoms with Crippen LogP contribution < -0.4 is 32.8 Å². The lowest BCUT2D eigenvalue weighted by Crippen LogP contribution is -2.61. The molecule has 0 saturated heterocycles. The molecule has 11 aromatic carbocycles. The largest absolute Gasteiger partial charge is 0.310 e. The van der Waals surface area contributed by atoms with E-state index >= 15 is 0 Å². The Balaban J connectivity index is 1.18. The second kappa shape index (κ2) is 19.4. The first-order chi connectivity index (χ1) is 40.0. The van der Waals surface area contributed by atoms with Gasteiger partial charge < -0.3 is 9.13 Å². The van der Waals surface area contributed by atoms with Crippen molar-refractivity contribution in [2.75, 3.05) is 0 Å². The monoisotopic (exact) mass is 1050 g/mol. The molecule has 0 N–H and O–H groups in total. The lowest BCUT2D eigenvalue weighted by Gasteiger charge is -2.36. The van der Waals surface area contributed by atoms with Crippen molar-refractivity contribution in [1.29, 1.82) is 0 Å². The number of benzene rings is 11. The average molecular weight is 1050 g/mol. The maximum absolute atomic E-state index is 2.71. The molecule has 15 rings (SSSR count). The van der Waals surface area contributed by atoms with Crippen LogP contribution in [0.1, 0.15) is 101 Å². The van der Waals surface area contributed by atoms with E-state index in [1.165, 1.54) is 155 Å². The van der Waals surface area contributed by atoms with Crippen LogP contribution in [0.2, 0.25) is 0 Å². The fraction of sp³-hybridized carbons (Fsp3) is 0.154. The van der Waals surface area contributed by atoms with Crippen molar-refractivity contribution in [2.45, 2.75) is 79.1 Å². The van der Waals surface area contributed by atoms with Crippen LogP contribution in [0, 0.1) is 0 Å². The quantitative estimate of drug-likeness (QED) is 0.121. The van der Waals surface area contributed by atoms with Gasteiger partial charge in [0.1, 0.15) is 0 Å². The summed E-state index contributed by atoms with van der Waals surface area (Å²) in [4.78, 5) is 0. The molecule has 0 spiro atoms. The van der Waals surface area contributed by atoms with Crippen LogP contribution in [0.15, 0.2) is 231 Å².